The number of sulfone groups is 2. The zero-order valence-electron chi connectivity index (χ0n) is 28.8. The minimum Gasteiger partial charge on any atom is -0.481 e. The van der Waals surface area contributed by atoms with Crippen LogP contribution in [0.1, 0.15) is 61.3 Å². The van der Waals surface area contributed by atoms with Crippen molar-refractivity contribution in [3.05, 3.63) is 52.6 Å². The Labute approximate surface area is 303 Å². The highest BCUT2D eigenvalue weighted by atomic mass is 32.2. The first-order valence-electron chi connectivity index (χ1n) is 16.2. The maximum atomic E-state index is 14.2. The highest BCUT2D eigenvalue weighted by molar-refractivity contribution is 7.93. The number of halogens is 9. The number of carboxylic acid groups (broad SMARTS) is 1. The molecule has 3 aromatic rings. The average molecular weight is 823 g/mol. The molecule has 0 amide bonds. The first-order chi connectivity index (χ1) is 24.7. The van der Waals surface area contributed by atoms with E-state index in [1.54, 1.807) is 11.8 Å². The minimum atomic E-state index is -6.39. The van der Waals surface area contributed by atoms with Gasteiger partial charge in [-0.3, -0.25) is 4.79 Å². The van der Waals surface area contributed by atoms with Crippen molar-refractivity contribution in [2.24, 2.45) is 18.9 Å². The Kier molecular flexibility index (Phi) is 12.3. The van der Waals surface area contributed by atoms with E-state index >= 15 is 0 Å². The monoisotopic (exact) mass is 822 g/mol. The van der Waals surface area contributed by atoms with Crippen LogP contribution in [0.3, 0.4) is 0 Å². The SMILES string of the molecule is CCN(CC1CCC(CC(=O)O)CC1)c1cc(C(F)(F)F)c(C)cc1CN(Cc1cc(S(=O)(=O)C(F)(F)F)cc(S(=O)(=O)C(F)(F)F)c1)c1nnn(C)n1. The molecule has 0 radical (unpaired) electrons. The van der Waals surface area contributed by atoms with Gasteiger partial charge in [0, 0.05) is 38.3 Å². The maximum absolute atomic E-state index is 14.2. The molecule has 1 aromatic heterocycles. The molecule has 0 aliphatic heterocycles. The van der Waals surface area contributed by atoms with Gasteiger partial charge in [0.05, 0.1) is 22.4 Å². The predicted octanol–water partition coefficient (Wildman–Crippen LogP) is 6.44. The molecule has 12 nitrogen and oxygen atoms in total. The summed E-state index contributed by atoms with van der Waals surface area (Å²) in [5.41, 5.74) is -13.8. The Morgan fingerprint density at radius 3 is 1.81 bits per heavy atom. The lowest BCUT2D eigenvalue weighted by atomic mass is 9.80. The van der Waals surface area contributed by atoms with Crippen molar-refractivity contribution in [1.82, 2.24) is 20.2 Å². The van der Waals surface area contributed by atoms with Crippen LogP contribution in [-0.2, 0) is 50.8 Å². The zero-order chi connectivity index (χ0) is 40.6. The Balaban J connectivity index is 1.84. The molecule has 1 N–H and O–H groups in total. The number of rotatable bonds is 13. The Bertz CT molecular complexity index is 2000. The van der Waals surface area contributed by atoms with Crippen LogP contribution < -0.4 is 9.80 Å². The number of nitrogens with zero attached hydrogens (tertiary/aromatic N) is 6. The lowest BCUT2D eigenvalue weighted by Gasteiger charge is -2.35. The highest BCUT2D eigenvalue weighted by Crippen LogP contribution is 2.40. The van der Waals surface area contributed by atoms with Crippen LogP contribution in [0.25, 0.3) is 0 Å². The number of aromatic nitrogens is 4. The number of benzene rings is 2. The largest absolute Gasteiger partial charge is 0.501 e. The molecule has 0 atom stereocenters. The first-order valence-corrected chi connectivity index (χ1v) is 19.1. The van der Waals surface area contributed by atoms with Gasteiger partial charge in [-0.25, -0.2) is 16.8 Å². The lowest BCUT2D eigenvalue weighted by molar-refractivity contribution is -0.139. The Morgan fingerprint density at radius 2 is 1.37 bits per heavy atom. The smallest absolute Gasteiger partial charge is 0.481 e. The summed E-state index contributed by atoms with van der Waals surface area (Å²) in [5.74, 6) is -1.37. The van der Waals surface area contributed by atoms with E-state index in [4.69, 9.17) is 5.11 Å². The maximum Gasteiger partial charge on any atom is 0.501 e. The zero-order valence-corrected chi connectivity index (χ0v) is 30.4. The second-order valence-electron chi connectivity index (χ2n) is 13.0. The van der Waals surface area contributed by atoms with Gasteiger partial charge < -0.3 is 14.9 Å². The number of carbonyl (C=O) groups is 1. The van der Waals surface area contributed by atoms with Crippen LogP contribution in [0, 0.1) is 18.8 Å². The van der Waals surface area contributed by atoms with Gasteiger partial charge in [-0.15, -0.1) is 5.10 Å². The molecule has 23 heteroatoms. The van der Waals surface area contributed by atoms with Crippen molar-refractivity contribution < 1.29 is 66.3 Å². The summed E-state index contributed by atoms with van der Waals surface area (Å²) in [7, 11) is -11.5. The van der Waals surface area contributed by atoms with Gasteiger partial charge in [-0.05, 0) is 97.5 Å². The third kappa shape index (κ3) is 9.55. The van der Waals surface area contributed by atoms with Crippen molar-refractivity contribution in [1.29, 1.82) is 0 Å². The summed E-state index contributed by atoms with van der Waals surface area (Å²) in [6.45, 7) is 1.99. The number of carboxylic acids is 1. The Morgan fingerprint density at radius 1 is 0.833 bits per heavy atom. The first kappa shape index (κ1) is 42.6. The third-order valence-electron chi connectivity index (χ3n) is 9.05. The molecule has 0 saturated heterocycles. The molecule has 0 spiro atoms. The van der Waals surface area contributed by atoms with Gasteiger partial charge in [0.1, 0.15) is 0 Å². The fraction of sp³-hybridized carbons (Fsp3) is 0.548. The van der Waals surface area contributed by atoms with Crippen LogP contribution in [0.15, 0.2) is 40.1 Å². The number of alkyl halides is 9. The van der Waals surface area contributed by atoms with Crippen molar-refractivity contribution >= 4 is 37.3 Å². The predicted molar refractivity (Wildman–Crippen MR) is 173 cm³/mol. The fourth-order valence-electron chi connectivity index (χ4n) is 6.38. The van der Waals surface area contributed by atoms with E-state index in [9.17, 15) is 61.1 Å². The van der Waals surface area contributed by atoms with Crippen LogP contribution in [0.5, 0.6) is 0 Å². The van der Waals surface area contributed by atoms with Gasteiger partial charge in [0.2, 0.25) is 0 Å². The second kappa shape index (κ2) is 15.5. The Hall–Kier alpha value is -4.15. The van der Waals surface area contributed by atoms with Gasteiger partial charge >= 0.3 is 23.2 Å². The number of anilines is 2. The summed E-state index contributed by atoms with van der Waals surface area (Å²) < 4.78 is 173. The highest BCUT2D eigenvalue weighted by Gasteiger charge is 2.50. The normalized spacial score (nSPS) is 17.4. The van der Waals surface area contributed by atoms with Gasteiger partial charge in [-0.2, -0.15) is 44.3 Å². The van der Waals surface area contributed by atoms with E-state index < -0.39 is 76.8 Å². The van der Waals surface area contributed by atoms with Gasteiger partial charge in [0.25, 0.3) is 25.6 Å². The molecule has 1 fully saturated rings. The molecular formula is C31H35F9N6O6S2. The third-order valence-corrected chi connectivity index (χ3v) is 12.0. The summed E-state index contributed by atoms with van der Waals surface area (Å²) in [6.07, 6.45) is -2.45. The van der Waals surface area contributed by atoms with Crippen LogP contribution in [0.4, 0.5) is 51.1 Å². The number of hydrogen-bond acceptors (Lipinski definition) is 10. The van der Waals surface area contributed by atoms with E-state index in [1.165, 1.54) is 20.0 Å². The lowest BCUT2D eigenvalue weighted by Crippen LogP contribution is -2.34. The molecule has 0 bridgehead atoms. The molecule has 0 unspecified atom stereocenters. The van der Waals surface area contributed by atoms with Crippen LogP contribution >= 0.6 is 0 Å². The van der Waals surface area contributed by atoms with Crippen molar-refractivity contribution in [3.63, 3.8) is 0 Å². The molecule has 1 saturated carbocycles. The van der Waals surface area contributed by atoms with E-state index in [-0.39, 0.29) is 60.2 Å². The van der Waals surface area contributed by atoms with Crippen molar-refractivity contribution in [2.75, 3.05) is 22.9 Å². The standard InChI is InChI=1S/C31H35F9N6O6S2/c1-4-45(15-20-7-5-19(6-8-20)12-27(47)48)26-14-25(29(32,33)34)18(2)9-22(26)17-46(28-41-43-44(3)42-28)16-21-10-23(53(49,50)30(35,36)37)13-24(11-21)54(51,52)31(38,39)40/h9-11,13-14,19-20H,4-8,12,15-17H2,1-3H3,(H,47,48). The molecule has 4 rings (SSSR count). The van der Waals surface area contributed by atoms with Crippen molar-refractivity contribution in [2.45, 2.75) is 86.0 Å². The molecule has 1 heterocycles. The summed E-state index contributed by atoms with van der Waals surface area (Å²) in [4.78, 5) is 11.2. The van der Waals surface area contributed by atoms with E-state index in [1.807, 2.05) is 0 Å². The number of aliphatic carboxylic acids is 1. The van der Waals surface area contributed by atoms with Crippen molar-refractivity contribution in [3.8, 4) is 0 Å². The topological polar surface area (TPSA) is 156 Å². The van der Waals surface area contributed by atoms with E-state index in [0.717, 1.165) is 15.8 Å². The number of aryl methyl sites for hydroxylation is 2. The number of hydrogen-bond donors (Lipinski definition) is 1. The molecule has 1 aliphatic rings. The second-order valence-corrected chi connectivity index (χ2v) is 16.8. The fourth-order valence-corrected chi connectivity index (χ4v) is 8.17. The minimum absolute atomic E-state index is 0.0117. The average Bonchev–Trinajstić information content (AvgIpc) is 3.48. The summed E-state index contributed by atoms with van der Waals surface area (Å²) in [6, 6.07) is 2.51. The van der Waals surface area contributed by atoms with E-state index in [0.29, 0.717) is 37.8 Å². The summed E-state index contributed by atoms with van der Waals surface area (Å²) in [5, 5.41) is 20.7. The quantitative estimate of drug-likeness (QED) is 0.190. The van der Waals surface area contributed by atoms with Crippen LogP contribution in [-0.4, -0.2) is 72.2 Å². The molecular weight excluding hydrogens is 787 g/mol. The van der Waals surface area contributed by atoms with Gasteiger partial charge in [0.15, 0.2) is 0 Å². The van der Waals surface area contributed by atoms with E-state index in [2.05, 4.69) is 15.4 Å². The van der Waals surface area contributed by atoms with Gasteiger partial charge in [-0.1, -0.05) is 11.2 Å². The molecule has 1 aliphatic carbocycles. The molecule has 2 aromatic carbocycles. The summed E-state index contributed by atoms with van der Waals surface area (Å²) >= 11 is 0. The number of tetrazole rings is 1. The molecule has 300 valence electrons. The van der Waals surface area contributed by atoms with Crippen LogP contribution in [0.2, 0.25) is 0 Å². The molecule has 54 heavy (non-hydrogen) atoms.